The van der Waals surface area contributed by atoms with Crippen LogP contribution in [0.2, 0.25) is 0 Å². The van der Waals surface area contributed by atoms with Gasteiger partial charge in [0.25, 0.3) is 0 Å². The summed E-state index contributed by atoms with van der Waals surface area (Å²) in [6.07, 6.45) is 0.730. The number of carbonyl (C=O) groups excluding carboxylic acids is 1. The van der Waals surface area contributed by atoms with Crippen molar-refractivity contribution in [1.29, 1.82) is 5.26 Å². The van der Waals surface area contributed by atoms with Crippen molar-refractivity contribution in [2.24, 2.45) is 5.92 Å². The zero-order valence-corrected chi connectivity index (χ0v) is 8.86. The first-order valence-electron chi connectivity index (χ1n) is 4.89. The summed E-state index contributed by atoms with van der Waals surface area (Å²) in [6, 6.07) is 8.70. The summed E-state index contributed by atoms with van der Waals surface area (Å²) >= 11 is 0. The second-order valence-electron chi connectivity index (χ2n) is 3.34. The maximum absolute atomic E-state index is 11.5. The Morgan fingerprint density at radius 3 is 2.80 bits per heavy atom. The van der Waals surface area contributed by atoms with Crippen molar-refractivity contribution in [3.63, 3.8) is 0 Å². The molecule has 0 fully saturated rings. The van der Waals surface area contributed by atoms with E-state index in [1.807, 2.05) is 13.0 Å². The van der Waals surface area contributed by atoms with Crippen molar-refractivity contribution in [3.8, 4) is 11.8 Å². The van der Waals surface area contributed by atoms with Gasteiger partial charge in [-0.3, -0.25) is 4.79 Å². The third kappa shape index (κ3) is 2.81. The lowest BCUT2D eigenvalue weighted by Crippen LogP contribution is -2.17. The Bertz CT molecular complexity index is 393. The number of hydrogen-bond acceptors (Lipinski definition) is 3. The van der Waals surface area contributed by atoms with Crippen molar-refractivity contribution >= 4 is 5.97 Å². The molecule has 3 heteroatoms. The molecule has 0 spiro atoms. The lowest BCUT2D eigenvalue weighted by Gasteiger charge is -2.09. The van der Waals surface area contributed by atoms with Gasteiger partial charge < -0.3 is 4.74 Å². The second kappa shape index (κ2) is 5.16. The molecule has 1 aromatic rings. The van der Waals surface area contributed by atoms with Gasteiger partial charge in [0.05, 0.1) is 11.5 Å². The summed E-state index contributed by atoms with van der Waals surface area (Å²) < 4.78 is 5.13. The van der Waals surface area contributed by atoms with Gasteiger partial charge in [-0.15, -0.1) is 0 Å². The molecule has 0 amide bonds. The summed E-state index contributed by atoms with van der Waals surface area (Å²) in [7, 11) is 0. The van der Waals surface area contributed by atoms with Gasteiger partial charge >= 0.3 is 5.97 Å². The molecule has 0 aliphatic rings. The van der Waals surface area contributed by atoms with Crippen molar-refractivity contribution < 1.29 is 9.53 Å². The summed E-state index contributed by atoms with van der Waals surface area (Å²) in [5.74, 6) is -0.0951. The quantitative estimate of drug-likeness (QED) is 0.560. The number of nitriles is 1. The maximum atomic E-state index is 11.5. The zero-order chi connectivity index (χ0) is 11.3. The van der Waals surface area contributed by atoms with E-state index in [4.69, 9.17) is 10.00 Å². The smallest absolute Gasteiger partial charge is 0.314 e. The Morgan fingerprint density at radius 2 is 2.20 bits per heavy atom. The Labute approximate surface area is 89.3 Å². The molecule has 78 valence electrons. The van der Waals surface area contributed by atoms with Crippen LogP contribution in [0.3, 0.4) is 0 Å². The third-order valence-electron chi connectivity index (χ3n) is 2.23. The summed E-state index contributed by atoms with van der Waals surface area (Å²) in [5.41, 5.74) is 0.383. The van der Waals surface area contributed by atoms with E-state index < -0.39 is 0 Å². The Balaban J connectivity index is 2.81. The highest BCUT2D eigenvalue weighted by atomic mass is 16.5. The first kappa shape index (κ1) is 11.3. The number of nitrogens with zero attached hydrogens (tertiary/aromatic N) is 1. The minimum atomic E-state index is -0.291. The number of carbonyl (C=O) groups is 1. The van der Waals surface area contributed by atoms with Crippen LogP contribution in [0, 0.1) is 17.2 Å². The molecule has 0 N–H and O–H groups in total. The van der Waals surface area contributed by atoms with Crippen LogP contribution in [0.4, 0.5) is 0 Å². The average molecular weight is 203 g/mol. The minimum Gasteiger partial charge on any atom is -0.425 e. The SMILES string of the molecule is CCC(C)C(=O)Oc1ccccc1C#N. The highest BCUT2D eigenvalue weighted by molar-refractivity contribution is 5.75. The fourth-order valence-electron chi connectivity index (χ4n) is 1.02. The van der Waals surface area contributed by atoms with E-state index in [0.29, 0.717) is 11.3 Å². The van der Waals surface area contributed by atoms with Crippen molar-refractivity contribution in [2.75, 3.05) is 0 Å². The van der Waals surface area contributed by atoms with Gasteiger partial charge in [0.2, 0.25) is 0 Å². The van der Waals surface area contributed by atoms with Crippen LogP contribution >= 0.6 is 0 Å². The van der Waals surface area contributed by atoms with E-state index in [2.05, 4.69) is 0 Å². The molecular weight excluding hydrogens is 190 g/mol. The number of ether oxygens (including phenoxy) is 1. The van der Waals surface area contributed by atoms with Crippen molar-refractivity contribution in [1.82, 2.24) is 0 Å². The molecule has 0 bridgehead atoms. The Kier molecular flexibility index (Phi) is 3.87. The molecule has 0 radical (unpaired) electrons. The number of hydrogen-bond donors (Lipinski definition) is 0. The molecule has 0 aliphatic carbocycles. The topological polar surface area (TPSA) is 50.1 Å². The number of rotatable bonds is 3. The minimum absolute atomic E-state index is 0.142. The van der Waals surface area contributed by atoms with Gasteiger partial charge in [0, 0.05) is 0 Å². The normalized spacial score (nSPS) is 11.5. The van der Waals surface area contributed by atoms with Gasteiger partial charge in [0.1, 0.15) is 11.8 Å². The van der Waals surface area contributed by atoms with E-state index in [-0.39, 0.29) is 11.9 Å². The van der Waals surface area contributed by atoms with Gasteiger partial charge in [0.15, 0.2) is 0 Å². The summed E-state index contributed by atoms with van der Waals surface area (Å²) in [4.78, 5) is 11.5. The summed E-state index contributed by atoms with van der Waals surface area (Å²) in [6.45, 7) is 3.72. The Morgan fingerprint density at radius 1 is 1.53 bits per heavy atom. The molecular formula is C12H13NO2. The standard InChI is InChI=1S/C12H13NO2/c1-3-9(2)12(14)15-11-7-5-4-6-10(11)8-13/h4-7,9H,3H2,1-2H3. The fraction of sp³-hybridized carbons (Fsp3) is 0.333. The molecule has 0 saturated carbocycles. The molecule has 0 heterocycles. The lowest BCUT2D eigenvalue weighted by atomic mass is 10.1. The highest BCUT2D eigenvalue weighted by Gasteiger charge is 2.14. The molecule has 1 atom stereocenters. The first-order chi connectivity index (χ1) is 7.19. The van der Waals surface area contributed by atoms with Gasteiger partial charge in [-0.1, -0.05) is 26.0 Å². The number of esters is 1. The maximum Gasteiger partial charge on any atom is 0.314 e. The molecule has 3 nitrogen and oxygen atoms in total. The lowest BCUT2D eigenvalue weighted by molar-refractivity contribution is -0.138. The average Bonchev–Trinajstić information content (AvgIpc) is 2.28. The van der Waals surface area contributed by atoms with Crippen LogP contribution in [0.25, 0.3) is 0 Å². The van der Waals surface area contributed by atoms with E-state index in [0.717, 1.165) is 6.42 Å². The van der Waals surface area contributed by atoms with Gasteiger partial charge in [-0.05, 0) is 18.6 Å². The molecule has 0 saturated heterocycles. The van der Waals surface area contributed by atoms with Crippen molar-refractivity contribution in [2.45, 2.75) is 20.3 Å². The molecule has 1 aromatic carbocycles. The largest absolute Gasteiger partial charge is 0.425 e. The molecule has 0 aromatic heterocycles. The predicted octanol–water partition coefficient (Wildman–Crippen LogP) is 2.51. The van der Waals surface area contributed by atoms with E-state index in [1.54, 1.807) is 31.2 Å². The van der Waals surface area contributed by atoms with Crippen LogP contribution in [0.5, 0.6) is 5.75 Å². The van der Waals surface area contributed by atoms with Gasteiger partial charge in [-0.2, -0.15) is 5.26 Å². The predicted molar refractivity (Wildman–Crippen MR) is 56.2 cm³/mol. The third-order valence-corrected chi connectivity index (χ3v) is 2.23. The number of benzene rings is 1. The fourth-order valence-corrected chi connectivity index (χ4v) is 1.02. The van der Waals surface area contributed by atoms with Crippen LogP contribution < -0.4 is 4.74 Å². The van der Waals surface area contributed by atoms with Crippen LogP contribution in [0.1, 0.15) is 25.8 Å². The highest BCUT2D eigenvalue weighted by Crippen LogP contribution is 2.18. The van der Waals surface area contributed by atoms with Crippen LogP contribution in [0.15, 0.2) is 24.3 Å². The zero-order valence-electron chi connectivity index (χ0n) is 8.86. The summed E-state index contributed by atoms with van der Waals surface area (Å²) in [5, 5.41) is 8.79. The molecule has 1 unspecified atom stereocenters. The van der Waals surface area contributed by atoms with Crippen molar-refractivity contribution in [3.05, 3.63) is 29.8 Å². The van der Waals surface area contributed by atoms with E-state index >= 15 is 0 Å². The van der Waals surface area contributed by atoms with E-state index in [1.165, 1.54) is 0 Å². The first-order valence-corrected chi connectivity index (χ1v) is 4.89. The number of para-hydroxylation sites is 1. The monoisotopic (exact) mass is 203 g/mol. The van der Waals surface area contributed by atoms with E-state index in [9.17, 15) is 4.79 Å². The second-order valence-corrected chi connectivity index (χ2v) is 3.34. The van der Waals surface area contributed by atoms with Gasteiger partial charge in [-0.25, -0.2) is 0 Å². The van der Waals surface area contributed by atoms with Crippen LogP contribution in [-0.2, 0) is 4.79 Å². The Hall–Kier alpha value is -1.82. The van der Waals surface area contributed by atoms with Crippen LogP contribution in [-0.4, -0.2) is 5.97 Å². The molecule has 1 rings (SSSR count). The molecule has 0 aliphatic heterocycles. The molecule has 15 heavy (non-hydrogen) atoms.